The number of carbonyl (C=O) groups is 2. The summed E-state index contributed by atoms with van der Waals surface area (Å²) in [5.41, 5.74) is 1.28. The number of carbonyl (C=O) groups excluding carboxylic acids is 1. The first-order chi connectivity index (χ1) is 13.7. The highest BCUT2D eigenvalue weighted by molar-refractivity contribution is 9.10. The van der Waals surface area contributed by atoms with E-state index in [1.807, 2.05) is 0 Å². The van der Waals surface area contributed by atoms with Crippen molar-refractivity contribution in [3.05, 3.63) is 62.4 Å². The third-order valence-corrected chi connectivity index (χ3v) is 4.92. The van der Waals surface area contributed by atoms with Crippen LogP contribution in [0.5, 0.6) is 0 Å². The van der Waals surface area contributed by atoms with Crippen molar-refractivity contribution in [2.24, 2.45) is 0 Å². The third-order valence-electron chi connectivity index (χ3n) is 4.02. The topological polar surface area (TPSA) is 100 Å². The van der Waals surface area contributed by atoms with Gasteiger partial charge in [0.15, 0.2) is 5.82 Å². The predicted octanol–water partition coefficient (Wildman–Crippen LogP) is 5.01. The Kier molecular flexibility index (Phi) is 6.11. The van der Waals surface area contributed by atoms with Crippen LogP contribution in [0, 0.1) is 6.92 Å². The highest BCUT2D eigenvalue weighted by atomic mass is 79.9. The molecule has 1 aromatic carbocycles. The molecule has 0 aliphatic heterocycles. The van der Waals surface area contributed by atoms with Gasteiger partial charge in [0.2, 0.25) is 0 Å². The molecule has 0 unspecified atom stereocenters. The number of hydrogen-bond acceptors (Lipinski definition) is 4. The summed E-state index contributed by atoms with van der Waals surface area (Å²) in [5, 5.41) is 17.0. The second-order valence-electron chi connectivity index (χ2n) is 5.99. The van der Waals surface area contributed by atoms with Crippen molar-refractivity contribution in [3.8, 4) is 5.82 Å². The monoisotopic (exact) mass is 497 g/mol. The Morgan fingerprint density at radius 2 is 2.00 bits per heavy atom. The van der Waals surface area contributed by atoms with Crippen LogP contribution in [0.1, 0.15) is 16.1 Å². The van der Waals surface area contributed by atoms with Gasteiger partial charge < -0.3 is 10.4 Å². The summed E-state index contributed by atoms with van der Waals surface area (Å²) in [4.78, 5) is 29.6. The lowest BCUT2D eigenvalue weighted by atomic mass is 10.1. The number of nitrogens with one attached hydrogen (secondary N) is 1. The van der Waals surface area contributed by atoms with Gasteiger partial charge in [0.05, 0.1) is 16.4 Å². The molecule has 3 aromatic rings. The molecule has 2 aromatic heterocycles. The lowest BCUT2D eigenvalue weighted by molar-refractivity contribution is 0.101. The smallest absolute Gasteiger partial charge is 0.411 e. The van der Waals surface area contributed by atoms with Crippen LogP contribution in [-0.4, -0.2) is 38.9 Å². The fourth-order valence-electron chi connectivity index (χ4n) is 2.64. The first-order valence-electron chi connectivity index (χ1n) is 8.13. The van der Waals surface area contributed by atoms with Gasteiger partial charge in [-0.3, -0.25) is 9.69 Å². The van der Waals surface area contributed by atoms with Crippen LogP contribution in [0.4, 0.5) is 16.2 Å². The average molecular weight is 499 g/mol. The molecule has 29 heavy (non-hydrogen) atoms. The molecule has 0 fully saturated rings. The maximum absolute atomic E-state index is 13.1. The van der Waals surface area contributed by atoms with Crippen molar-refractivity contribution < 1.29 is 14.7 Å². The number of aryl methyl sites for hydroxylation is 1. The molecule has 0 radical (unpaired) electrons. The van der Waals surface area contributed by atoms with E-state index < -0.39 is 12.0 Å². The molecular formula is C18H14BrCl2N5O3. The number of amides is 2. The lowest BCUT2D eigenvalue weighted by Crippen LogP contribution is -2.26. The number of hydrogen-bond donors (Lipinski definition) is 2. The van der Waals surface area contributed by atoms with Gasteiger partial charge in [-0.05, 0) is 52.7 Å². The van der Waals surface area contributed by atoms with Gasteiger partial charge in [0.25, 0.3) is 5.91 Å². The molecule has 0 spiro atoms. The summed E-state index contributed by atoms with van der Waals surface area (Å²) < 4.78 is 1.70. The number of benzene rings is 1. The molecule has 0 atom stereocenters. The molecule has 0 saturated heterocycles. The Morgan fingerprint density at radius 3 is 2.66 bits per heavy atom. The number of halogens is 3. The highest BCUT2D eigenvalue weighted by Crippen LogP contribution is 2.33. The van der Waals surface area contributed by atoms with E-state index in [1.54, 1.807) is 25.1 Å². The lowest BCUT2D eigenvalue weighted by Gasteiger charge is -2.20. The van der Waals surface area contributed by atoms with Crippen LogP contribution < -0.4 is 10.2 Å². The second-order valence-corrected chi connectivity index (χ2v) is 7.64. The summed E-state index contributed by atoms with van der Waals surface area (Å²) in [6, 6.07) is 7.88. The van der Waals surface area contributed by atoms with Crippen molar-refractivity contribution >= 4 is 62.5 Å². The number of nitrogens with zero attached hydrogens (tertiary/aromatic N) is 4. The van der Waals surface area contributed by atoms with Crippen molar-refractivity contribution in [2.45, 2.75) is 6.92 Å². The minimum Gasteiger partial charge on any atom is -0.465 e. The molecule has 150 valence electrons. The zero-order valence-corrected chi connectivity index (χ0v) is 18.2. The van der Waals surface area contributed by atoms with Crippen LogP contribution in [0.15, 0.2) is 41.1 Å². The number of aromatic nitrogens is 3. The molecule has 0 aliphatic rings. The van der Waals surface area contributed by atoms with E-state index in [4.69, 9.17) is 23.2 Å². The summed E-state index contributed by atoms with van der Waals surface area (Å²) in [6.45, 7) is 1.71. The van der Waals surface area contributed by atoms with E-state index in [2.05, 4.69) is 31.3 Å². The maximum Gasteiger partial charge on any atom is 0.411 e. The van der Waals surface area contributed by atoms with Crippen molar-refractivity contribution in [1.82, 2.24) is 14.8 Å². The van der Waals surface area contributed by atoms with Crippen LogP contribution in [-0.2, 0) is 0 Å². The molecule has 0 saturated carbocycles. The first kappa shape index (κ1) is 21.1. The molecule has 2 heterocycles. The quantitative estimate of drug-likeness (QED) is 0.526. The van der Waals surface area contributed by atoms with Crippen LogP contribution in [0.25, 0.3) is 5.82 Å². The van der Waals surface area contributed by atoms with Gasteiger partial charge >= 0.3 is 6.09 Å². The average Bonchev–Trinajstić information content (AvgIpc) is 3.05. The number of rotatable bonds is 4. The Hall–Kier alpha value is -2.62. The van der Waals surface area contributed by atoms with E-state index in [-0.39, 0.29) is 17.2 Å². The van der Waals surface area contributed by atoms with Gasteiger partial charge in [0, 0.05) is 24.3 Å². The Bertz CT molecular complexity index is 1120. The second kappa shape index (κ2) is 8.40. The molecule has 0 aliphatic carbocycles. The summed E-state index contributed by atoms with van der Waals surface area (Å²) in [5.74, 6) is -0.254. The first-order valence-corrected chi connectivity index (χ1v) is 9.68. The Balaban J connectivity index is 2.05. The third kappa shape index (κ3) is 4.36. The highest BCUT2D eigenvalue weighted by Gasteiger charge is 2.22. The molecule has 3 rings (SSSR count). The number of anilines is 2. The van der Waals surface area contributed by atoms with Crippen molar-refractivity contribution in [1.29, 1.82) is 0 Å². The van der Waals surface area contributed by atoms with Crippen molar-refractivity contribution in [2.75, 3.05) is 17.3 Å². The van der Waals surface area contributed by atoms with E-state index >= 15 is 0 Å². The van der Waals surface area contributed by atoms with Crippen molar-refractivity contribution in [3.63, 3.8) is 0 Å². The molecule has 8 nitrogen and oxygen atoms in total. The van der Waals surface area contributed by atoms with Gasteiger partial charge in [-0.15, -0.1) is 0 Å². The summed E-state index contributed by atoms with van der Waals surface area (Å²) >= 11 is 15.5. The summed E-state index contributed by atoms with van der Waals surface area (Å²) in [6.07, 6.45) is 0.331. The Labute approximate surface area is 184 Å². The van der Waals surface area contributed by atoms with Gasteiger partial charge in [0.1, 0.15) is 10.3 Å². The normalized spacial score (nSPS) is 10.7. The number of pyridine rings is 1. The zero-order chi connectivity index (χ0) is 21.3. The van der Waals surface area contributed by atoms with E-state index in [0.29, 0.717) is 25.9 Å². The minimum atomic E-state index is -1.20. The van der Waals surface area contributed by atoms with E-state index in [9.17, 15) is 14.7 Å². The largest absolute Gasteiger partial charge is 0.465 e. The molecule has 0 bridgehead atoms. The van der Waals surface area contributed by atoms with E-state index in [0.717, 1.165) is 4.90 Å². The SMILES string of the molecule is Cc1cc(Cl)cc(N(C)C(=O)O)c1NC(=O)c1cc(Br)nn1-c1ncccc1Cl. The van der Waals surface area contributed by atoms with Gasteiger partial charge in [-0.2, -0.15) is 5.10 Å². The molecule has 11 heteroatoms. The molecule has 2 amide bonds. The van der Waals surface area contributed by atoms with Crippen LogP contribution >= 0.6 is 39.1 Å². The van der Waals surface area contributed by atoms with Crippen LogP contribution in [0.3, 0.4) is 0 Å². The molecule has 2 N–H and O–H groups in total. The fourth-order valence-corrected chi connectivity index (χ4v) is 3.49. The standard InChI is InChI=1S/C18H14BrCl2N5O3/c1-9-6-10(20)7-12(25(2)18(28)29)15(9)23-17(27)13-8-14(19)24-26(13)16-11(21)4-3-5-22-16/h3-8H,1-2H3,(H,23,27)(H,28,29). The predicted molar refractivity (Wildman–Crippen MR) is 115 cm³/mol. The zero-order valence-electron chi connectivity index (χ0n) is 15.2. The maximum atomic E-state index is 13.1. The summed E-state index contributed by atoms with van der Waals surface area (Å²) in [7, 11) is 1.36. The Morgan fingerprint density at radius 1 is 1.28 bits per heavy atom. The van der Waals surface area contributed by atoms with Crippen LogP contribution in [0.2, 0.25) is 10.0 Å². The van der Waals surface area contributed by atoms with E-state index in [1.165, 1.54) is 30.1 Å². The van der Waals surface area contributed by atoms with Gasteiger partial charge in [-0.25, -0.2) is 14.5 Å². The fraction of sp³-hybridized carbons (Fsp3) is 0.111. The number of carboxylic acid groups (broad SMARTS) is 1. The molecular weight excluding hydrogens is 485 g/mol. The minimum absolute atomic E-state index is 0.149. The van der Waals surface area contributed by atoms with Gasteiger partial charge in [-0.1, -0.05) is 23.2 Å².